The summed E-state index contributed by atoms with van der Waals surface area (Å²) in [6.45, 7) is 7.41. The number of hydrogen-bond acceptors (Lipinski definition) is 5. The van der Waals surface area contributed by atoms with Gasteiger partial charge in [-0.15, -0.1) is 0 Å². The number of benzene rings is 2. The number of sulfone groups is 1. The molecule has 2 saturated heterocycles. The molecule has 1 N–H and O–H groups in total. The van der Waals surface area contributed by atoms with Crippen LogP contribution in [0.25, 0.3) is 33.4 Å². The fourth-order valence-electron chi connectivity index (χ4n) is 7.09. The molecule has 2 fully saturated rings. The summed E-state index contributed by atoms with van der Waals surface area (Å²) in [5.41, 5.74) is 4.17. The first kappa shape index (κ1) is 28.1. The topological polar surface area (TPSA) is 75.4 Å². The van der Waals surface area contributed by atoms with Crippen molar-refractivity contribution in [2.45, 2.75) is 69.0 Å². The van der Waals surface area contributed by atoms with E-state index < -0.39 is 15.4 Å². The summed E-state index contributed by atoms with van der Waals surface area (Å²) in [5, 5.41) is 12.7. The van der Waals surface area contributed by atoms with Gasteiger partial charge in [0.05, 0.1) is 21.7 Å². The summed E-state index contributed by atoms with van der Waals surface area (Å²) in [4.78, 5) is 7.62. The van der Waals surface area contributed by atoms with Crippen LogP contribution in [0.5, 0.6) is 0 Å². The van der Waals surface area contributed by atoms with Crippen LogP contribution >= 0.6 is 0 Å². The highest BCUT2D eigenvalue weighted by Gasteiger charge is 2.49. The second-order valence-electron chi connectivity index (χ2n) is 12.5. The van der Waals surface area contributed by atoms with Crippen LogP contribution < -0.4 is 0 Å². The van der Waals surface area contributed by atoms with Crippen molar-refractivity contribution in [3.8, 4) is 22.5 Å². The predicted molar refractivity (Wildman–Crippen MR) is 161 cm³/mol. The Labute approximate surface area is 241 Å². The summed E-state index contributed by atoms with van der Waals surface area (Å²) in [5.74, 6) is 0.175. The van der Waals surface area contributed by atoms with Gasteiger partial charge in [0.1, 0.15) is 5.82 Å². The molecule has 41 heavy (non-hydrogen) atoms. The van der Waals surface area contributed by atoms with Crippen LogP contribution in [0.1, 0.15) is 50.8 Å². The first-order valence-corrected chi connectivity index (χ1v) is 16.3. The number of halogens is 1. The number of rotatable bonds is 6. The Morgan fingerprint density at radius 3 is 2.24 bits per heavy atom. The third-order valence-corrected chi connectivity index (χ3v) is 10.2. The lowest BCUT2D eigenvalue weighted by atomic mass is 9.79. The van der Waals surface area contributed by atoms with Crippen LogP contribution in [0.15, 0.2) is 59.5 Å². The minimum atomic E-state index is -3.27. The molecule has 8 heteroatoms. The second-order valence-corrected chi connectivity index (χ2v) is 14.5. The predicted octanol–water partition coefficient (Wildman–Crippen LogP) is 6.23. The normalized spacial score (nSPS) is 23.1. The van der Waals surface area contributed by atoms with Crippen molar-refractivity contribution < 1.29 is 17.9 Å². The molecule has 0 aliphatic carbocycles. The molecule has 2 aromatic heterocycles. The minimum Gasteiger partial charge on any atom is -0.385 e. The van der Waals surface area contributed by atoms with E-state index in [1.807, 2.05) is 38.2 Å². The number of aliphatic hydroxyl groups is 1. The Hall–Kier alpha value is -3.07. The Morgan fingerprint density at radius 2 is 1.66 bits per heavy atom. The van der Waals surface area contributed by atoms with Crippen LogP contribution in [0.4, 0.5) is 4.39 Å². The molecular formula is C33H38FN3O3S. The van der Waals surface area contributed by atoms with Crippen LogP contribution in [-0.4, -0.2) is 52.9 Å². The zero-order valence-electron chi connectivity index (χ0n) is 24.4. The van der Waals surface area contributed by atoms with Crippen molar-refractivity contribution in [1.29, 1.82) is 0 Å². The van der Waals surface area contributed by atoms with Gasteiger partial charge in [-0.05, 0) is 74.4 Å². The summed E-state index contributed by atoms with van der Waals surface area (Å²) >= 11 is 0. The average Bonchev–Trinajstić information content (AvgIpc) is 3.36. The summed E-state index contributed by atoms with van der Waals surface area (Å²) < 4.78 is 41.5. The largest absolute Gasteiger partial charge is 0.385 e. The van der Waals surface area contributed by atoms with E-state index in [0.717, 1.165) is 47.2 Å². The van der Waals surface area contributed by atoms with E-state index in [-0.39, 0.29) is 10.7 Å². The first-order valence-electron chi connectivity index (χ1n) is 14.4. The molecule has 2 aliphatic heterocycles. The highest BCUT2D eigenvalue weighted by molar-refractivity contribution is 7.90. The number of nitrogens with zero attached hydrogens (tertiary/aromatic N) is 3. The Morgan fingerprint density at radius 1 is 1.02 bits per heavy atom. The van der Waals surface area contributed by atoms with Gasteiger partial charge in [-0.25, -0.2) is 12.8 Å². The molecular weight excluding hydrogens is 537 g/mol. The van der Waals surface area contributed by atoms with Crippen LogP contribution in [0, 0.1) is 18.7 Å². The van der Waals surface area contributed by atoms with Gasteiger partial charge in [0, 0.05) is 59.8 Å². The first-order chi connectivity index (χ1) is 19.3. The fourth-order valence-corrected chi connectivity index (χ4v) is 7.72. The van der Waals surface area contributed by atoms with Gasteiger partial charge in [0.2, 0.25) is 0 Å². The fraction of sp³-hybridized carbons (Fsp3) is 0.424. The number of hydrogen-bond donors (Lipinski definition) is 1. The Kier molecular flexibility index (Phi) is 6.87. The lowest BCUT2D eigenvalue weighted by Crippen LogP contribution is -2.50. The third kappa shape index (κ3) is 5.00. The maximum absolute atomic E-state index is 15.7. The molecule has 2 bridgehead atoms. The molecule has 4 aromatic rings. The van der Waals surface area contributed by atoms with Crippen molar-refractivity contribution in [2.24, 2.45) is 13.0 Å². The second kappa shape index (κ2) is 10.0. The SMILES string of the molecule is Cc1nc(-c2ccc(C3(O)CC4CCC(C3)N4CC(C)C)c(F)c2)cc2c1cc(-c1ccc(S(C)(=O)=O)cc1)n2C. The van der Waals surface area contributed by atoms with Crippen LogP contribution in [0.2, 0.25) is 0 Å². The lowest BCUT2D eigenvalue weighted by Gasteiger charge is -2.44. The molecule has 4 heterocycles. The van der Waals surface area contributed by atoms with Gasteiger partial charge in [-0.1, -0.05) is 38.1 Å². The van der Waals surface area contributed by atoms with Gasteiger partial charge in [-0.3, -0.25) is 9.88 Å². The number of fused-ring (bicyclic) bond motifs is 3. The van der Waals surface area contributed by atoms with E-state index in [9.17, 15) is 13.5 Å². The lowest BCUT2D eigenvalue weighted by molar-refractivity contribution is -0.0615. The molecule has 0 saturated carbocycles. The van der Waals surface area contributed by atoms with E-state index in [4.69, 9.17) is 4.98 Å². The zero-order valence-corrected chi connectivity index (χ0v) is 25.2. The van der Waals surface area contributed by atoms with Gasteiger partial charge in [0.15, 0.2) is 9.84 Å². The third-order valence-electron chi connectivity index (χ3n) is 9.07. The minimum absolute atomic E-state index is 0.282. The van der Waals surface area contributed by atoms with Crippen molar-refractivity contribution in [3.63, 3.8) is 0 Å². The molecule has 216 valence electrons. The van der Waals surface area contributed by atoms with E-state index in [1.54, 1.807) is 18.2 Å². The Bertz CT molecular complexity index is 1730. The van der Waals surface area contributed by atoms with E-state index in [1.165, 1.54) is 12.3 Å². The van der Waals surface area contributed by atoms with Crippen LogP contribution in [-0.2, 0) is 22.5 Å². The zero-order chi connectivity index (χ0) is 29.3. The molecule has 2 aromatic carbocycles. The molecule has 0 spiro atoms. The summed E-state index contributed by atoms with van der Waals surface area (Å²) in [6.07, 6.45) is 4.44. The van der Waals surface area contributed by atoms with E-state index in [0.29, 0.717) is 47.7 Å². The summed E-state index contributed by atoms with van der Waals surface area (Å²) in [7, 11) is -1.31. The highest BCUT2D eigenvalue weighted by atomic mass is 32.2. The van der Waals surface area contributed by atoms with Crippen molar-refractivity contribution in [1.82, 2.24) is 14.5 Å². The van der Waals surface area contributed by atoms with E-state index >= 15 is 4.39 Å². The standard InChI is InChI=1S/C33H38FN3O3S/c1-20(2)19-37-24-9-10-25(37)18-33(38,17-24)28-13-8-23(14-29(28)34)30-16-32-27(21(3)35-30)15-31(36(32)4)22-6-11-26(12-7-22)41(5,39)40/h6-8,11-16,20,24-25,38H,9-10,17-19H2,1-5H3. The van der Waals surface area contributed by atoms with Gasteiger partial charge < -0.3 is 9.67 Å². The number of aryl methyl sites for hydroxylation is 2. The number of aromatic nitrogens is 2. The molecule has 0 radical (unpaired) electrons. The van der Waals surface area contributed by atoms with Gasteiger partial charge in [0.25, 0.3) is 0 Å². The molecule has 6 rings (SSSR count). The molecule has 0 amide bonds. The smallest absolute Gasteiger partial charge is 0.175 e. The maximum atomic E-state index is 15.7. The van der Waals surface area contributed by atoms with Gasteiger partial charge >= 0.3 is 0 Å². The van der Waals surface area contributed by atoms with Crippen LogP contribution in [0.3, 0.4) is 0 Å². The molecule has 2 atom stereocenters. The van der Waals surface area contributed by atoms with Crippen molar-refractivity contribution in [3.05, 3.63) is 71.7 Å². The van der Waals surface area contributed by atoms with Crippen molar-refractivity contribution >= 4 is 20.7 Å². The number of pyridine rings is 1. The Balaban J connectivity index is 1.31. The molecule has 6 nitrogen and oxygen atoms in total. The van der Waals surface area contributed by atoms with E-state index in [2.05, 4.69) is 29.4 Å². The monoisotopic (exact) mass is 575 g/mol. The van der Waals surface area contributed by atoms with Crippen molar-refractivity contribution in [2.75, 3.05) is 12.8 Å². The molecule has 2 aliphatic rings. The maximum Gasteiger partial charge on any atom is 0.175 e. The highest BCUT2D eigenvalue weighted by Crippen LogP contribution is 2.47. The number of piperidine rings is 1. The van der Waals surface area contributed by atoms with Gasteiger partial charge in [-0.2, -0.15) is 0 Å². The molecule has 2 unspecified atom stereocenters. The summed E-state index contributed by atoms with van der Waals surface area (Å²) in [6, 6.07) is 16.6. The average molecular weight is 576 g/mol. The quantitative estimate of drug-likeness (QED) is 0.295.